The van der Waals surface area contributed by atoms with Crippen molar-refractivity contribution >= 4 is 28.2 Å². The molecule has 1 aromatic carbocycles. The summed E-state index contributed by atoms with van der Waals surface area (Å²) in [5.74, 6) is 1.55. The number of fused-ring (bicyclic) bond motifs is 1. The van der Waals surface area contributed by atoms with Crippen molar-refractivity contribution in [2.45, 2.75) is 33.2 Å². The molecule has 1 aliphatic rings. The van der Waals surface area contributed by atoms with Gasteiger partial charge in [0.15, 0.2) is 5.82 Å². The third kappa shape index (κ3) is 4.26. The second-order valence-corrected chi connectivity index (χ2v) is 8.89. The first-order valence-corrected chi connectivity index (χ1v) is 11.4. The second kappa shape index (κ2) is 8.90. The van der Waals surface area contributed by atoms with Gasteiger partial charge in [-0.2, -0.15) is 0 Å². The Morgan fingerprint density at radius 2 is 1.85 bits per heavy atom. The van der Waals surface area contributed by atoms with Crippen LogP contribution in [0.5, 0.6) is 0 Å². The molecule has 5 rings (SSSR count). The molecule has 174 valence electrons. The number of aryl methyl sites for hydroxylation is 1. The van der Waals surface area contributed by atoms with Crippen molar-refractivity contribution in [3.05, 3.63) is 60.3 Å². The van der Waals surface area contributed by atoms with Crippen molar-refractivity contribution in [1.82, 2.24) is 34.4 Å². The number of halogens is 1. The minimum absolute atomic E-state index is 0.161. The molecule has 4 heterocycles. The van der Waals surface area contributed by atoms with Crippen LogP contribution in [-0.2, 0) is 0 Å². The molecule has 4 aromatic rings. The topological polar surface area (TPSA) is 84.7 Å². The Kier molecular flexibility index (Phi) is 5.79. The quantitative estimate of drug-likeness (QED) is 0.461. The maximum atomic E-state index is 14.9. The number of imidazole rings is 1. The highest BCUT2D eigenvalue weighted by Gasteiger charge is 2.16. The van der Waals surface area contributed by atoms with E-state index in [1.54, 1.807) is 18.5 Å². The number of nitrogens with zero attached hydrogens (tertiary/aromatic N) is 7. The number of likely N-dealkylation sites (N-methyl/N-ethyl adjacent to an activating group) is 1. The summed E-state index contributed by atoms with van der Waals surface area (Å²) in [5, 5.41) is 3.17. The van der Waals surface area contributed by atoms with Gasteiger partial charge >= 0.3 is 0 Å². The number of nitrogens with one attached hydrogen (secondary N) is 1. The number of rotatable bonds is 5. The molecule has 3 aromatic heterocycles. The minimum Gasteiger partial charge on any atom is -0.326 e. The molecule has 0 spiro atoms. The number of anilines is 2. The fourth-order valence-electron chi connectivity index (χ4n) is 4.35. The maximum Gasteiger partial charge on any atom is 0.151 e. The van der Waals surface area contributed by atoms with E-state index >= 15 is 0 Å². The van der Waals surface area contributed by atoms with E-state index in [1.165, 1.54) is 18.0 Å². The van der Waals surface area contributed by atoms with Crippen LogP contribution in [0.3, 0.4) is 0 Å². The predicted octanol–water partition coefficient (Wildman–Crippen LogP) is 4.77. The zero-order valence-corrected chi connectivity index (χ0v) is 19.7. The van der Waals surface area contributed by atoms with Crippen molar-refractivity contribution in [3.63, 3.8) is 0 Å². The summed E-state index contributed by atoms with van der Waals surface area (Å²) in [6, 6.07) is 5.33. The molecule has 0 fully saturated rings. The van der Waals surface area contributed by atoms with Gasteiger partial charge in [0.25, 0.3) is 0 Å². The van der Waals surface area contributed by atoms with E-state index < -0.39 is 0 Å². The van der Waals surface area contributed by atoms with Crippen molar-refractivity contribution in [1.29, 1.82) is 0 Å². The molecule has 1 N–H and O–H groups in total. The zero-order valence-electron chi connectivity index (χ0n) is 19.7. The Labute approximate surface area is 197 Å². The highest BCUT2D eigenvalue weighted by molar-refractivity contribution is 5.83. The molecule has 0 amide bonds. The Morgan fingerprint density at radius 3 is 2.56 bits per heavy atom. The normalized spacial score (nSPS) is 14.6. The molecule has 9 heteroatoms. The fraction of sp³-hybridized carbons (Fsp3) is 0.320. The predicted molar refractivity (Wildman–Crippen MR) is 131 cm³/mol. The lowest BCUT2D eigenvalue weighted by atomic mass is 10.1. The van der Waals surface area contributed by atoms with Crippen LogP contribution in [0.2, 0.25) is 0 Å². The summed E-state index contributed by atoms with van der Waals surface area (Å²) >= 11 is 0. The van der Waals surface area contributed by atoms with E-state index in [-0.39, 0.29) is 11.9 Å². The minimum atomic E-state index is -0.368. The average Bonchev–Trinajstić information content (AvgIpc) is 3.17. The van der Waals surface area contributed by atoms with Gasteiger partial charge in [-0.25, -0.2) is 24.3 Å². The highest BCUT2D eigenvalue weighted by atomic mass is 19.1. The van der Waals surface area contributed by atoms with Crippen molar-refractivity contribution in [3.8, 4) is 11.3 Å². The van der Waals surface area contributed by atoms with Crippen LogP contribution in [-0.4, -0.2) is 54.5 Å². The number of hydrogen-bond donors (Lipinski definition) is 1. The van der Waals surface area contributed by atoms with Gasteiger partial charge in [0, 0.05) is 30.8 Å². The van der Waals surface area contributed by atoms with Crippen molar-refractivity contribution in [2.24, 2.45) is 0 Å². The van der Waals surface area contributed by atoms with Crippen LogP contribution in [0.4, 0.5) is 16.0 Å². The lowest BCUT2D eigenvalue weighted by Crippen LogP contribution is -2.23. The molecule has 0 atom stereocenters. The second-order valence-electron chi connectivity index (χ2n) is 8.89. The van der Waals surface area contributed by atoms with E-state index in [9.17, 15) is 4.39 Å². The summed E-state index contributed by atoms with van der Waals surface area (Å²) in [7, 11) is 2.11. The van der Waals surface area contributed by atoms with Crippen LogP contribution in [0.15, 0.2) is 43.0 Å². The average molecular weight is 459 g/mol. The smallest absolute Gasteiger partial charge is 0.151 e. The molecule has 8 nitrogen and oxygen atoms in total. The van der Waals surface area contributed by atoms with Gasteiger partial charge in [-0.05, 0) is 51.9 Å². The van der Waals surface area contributed by atoms with Gasteiger partial charge < -0.3 is 14.8 Å². The van der Waals surface area contributed by atoms with E-state index in [2.05, 4.69) is 62.1 Å². The molecule has 34 heavy (non-hydrogen) atoms. The first-order chi connectivity index (χ1) is 16.4. The summed E-state index contributed by atoms with van der Waals surface area (Å²) in [6.45, 7) is 7.94. The fourth-order valence-corrected chi connectivity index (χ4v) is 4.35. The summed E-state index contributed by atoms with van der Waals surface area (Å²) < 4.78 is 16.9. The molecule has 0 radical (unpaired) electrons. The molecular formula is C25H27FN8. The molecule has 0 saturated heterocycles. The van der Waals surface area contributed by atoms with Crippen LogP contribution < -0.4 is 5.32 Å². The van der Waals surface area contributed by atoms with Crippen LogP contribution in [0.25, 0.3) is 27.9 Å². The van der Waals surface area contributed by atoms with E-state index in [4.69, 9.17) is 0 Å². The lowest BCUT2D eigenvalue weighted by molar-refractivity contribution is 0.369. The number of benzene rings is 1. The van der Waals surface area contributed by atoms with Crippen LogP contribution in [0.1, 0.15) is 37.8 Å². The lowest BCUT2D eigenvalue weighted by Gasteiger charge is -2.21. The van der Waals surface area contributed by atoms with Gasteiger partial charge in [0.05, 0.1) is 29.3 Å². The first kappa shape index (κ1) is 22.1. The molecular weight excluding hydrogens is 431 g/mol. The zero-order chi connectivity index (χ0) is 23.8. The Bertz CT molecular complexity index is 1370. The van der Waals surface area contributed by atoms with Crippen LogP contribution in [0, 0.1) is 12.7 Å². The molecule has 0 unspecified atom stereocenters. The SMILES string of the molecule is Cc1nc2c(F)cc(-c3cc(Nc4cnc(C5=CCN(C)CC5)cn4)ncn3)cc2n1C(C)C. The Balaban J connectivity index is 1.41. The first-order valence-electron chi connectivity index (χ1n) is 11.4. The summed E-state index contributed by atoms with van der Waals surface area (Å²) in [4.78, 5) is 24.4. The van der Waals surface area contributed by atoms with Crippen LogP contribution >= 0.6 is 0 Å². The number of aromatic nitrogens is 6. The highest BCUT2D eigenvalue weighted by Crippen LogP contribution is 2.29. The van der Waals surface area contributed by atoms with Gasteiger partial charge in [0.2, 0.25) is 0 Å². The van der Waals surface area contributed by atoms with E-state index in [0.717, 1.165) is 36.5 Å². The third-order valence-corrected chi connectivity index (χ3v) is 6.05. The van der Waals surface area contributed by atoms with E-state index in [1.807, 2.05) is 17.6 Å². The summed E-state index contributed by atoms with van der Waals surface area (Å²) in [6.07, 6.45) is 8.09. The molecule has 0 saturated carbocycles. The van der Waals surface area contributed by atoms with Gasteiger partial charge in [-0.1, -0.05) is 6.08 Å². The third-order valence-electron chi connectivity index (χ3n) is 6.05. The monoisotopic (exact) mass is 458 g/mol. The summed E-state index contributed by atoms with van der Waals surface area (Å²) in [5.41, 5.74) is 4.50. The van der Waals surface area contributed by atoms with E-state index in [0.29, 0.717) is 28.4 Å². The Hall–Kier alpha value is -3.72. The van der Waals surface area contributed by atoms with Gasteiger partial charge in [-0.15, -0.1) is 0 Å². The Morgan fingerprint density at radius 1 is 1.00 bits per heavy atom. The standard InChI is InChI=1S/C25H27FN8/c1-15(2)34-16(3)31-25-19(26)9-18(10-22(25)34)20-11-23(30-14-29-20)32-24-13-27-21(12-28-24)17-5-7-33(4)8-6-17/h5,9-15H,6-8H2,1-4H3,(H,28,29,30,32). The molecule has 1 aliphatic heterocycles. The molecule has 0 aliphatic carbocycles. The molecule has 0 bridgehead atoms. The van der Waals surface area contributed by atoms with Gasteiger partial charge in [-0.3, -0.25) is 4.98 Å². The maximum absolute atomic E-state index is 14.9. The van der Waals surface area contributed by atoms with Crippen molar-refractivity contribution in [2.75, 3.05) is 25.5 Å². The van der Waals surface area contributed by atoms with Gasteiger partial charge in [0.1, 0.15) is 29.3 Å². The largest absolute Gasteiger partial charge is 0.326 e. The van der Waals surface area contributed by atoms with Crippen molar-refractivity contribution < 1.29 is 4.39 Å². The number of hydrogen-bond acceptors (Lipinski definition) is 7.